The van der Waals surface area contributed by atoms with E-state index in [2.05, 4.69) is 4.98 Å². The zero-order valence-electron chi connectivity index (χ0n) is 8.43. The molecule has 0 atom stereocenters. The normalized spacial score (nSPS) is 10.2. The van der Waals surface area contributed by atoms with Gasteiger partial charge in [-0.05, 0) is 19.1 Å². The molecule has 1 aromatic heterocycles. The smallest absolute Gasteiger partial charge is 0.226 e. The topological polar surface area (TPSA) is 43.1 Å². The molecule has 3 heteroatoms. The van der Waals surface area contributed by atoms with Crippen molar-refractivity contribution in [2.45, 2.75) is 13.3 Å². The second kappa shape index (κ2) is 4.09. The minimum absolute atomic E-state index is 0.0860. The van der Waals surface area contributed by atoms with Crippen LogP contribution in [0.2, 0.25) is 0 Å². The number of carbonyl (C=O) groups is 1. The van der Waals surface area contributed by atoms with Gasteiger partial charge in [0.05, 0.1) is 12.1 Å². The van der Waals surface area contributed by atoms with E-state index < -0.39 is 0 Å². The van der Waals surface area contributed by atoms with Crippen molar-refractivity contribution in [2.75, 3.05) is 0 Å². The predicted molar refractivity (Wildman–Crippen MR) is 56.3 cm³/mol. The van der Waals surface area contributed by atoms with E-state index >= 15 is 0 Å². The maximum Gasteiger partial charge on any atom is 0.226 e. The first-order valence-electron chi connectivity index (χ1n) is 4.75. The number of aromatic nitrogens is 1. The first-order valence-corrected chi connectivity index (χ1v) is 4.75. The van der Waals surface area contributed by atoms with Gasteiger partial charge < -0.3 is 4.42 Å². The van der Waals surface area contributed by atoms with Gasteiger partial charge in [0.25, 0.3) is 0 Å². The fraction of sp³-hybridized carbons (Fsp3) is 0.167. The van der Waals surface area contributed by atoms with Crippen LogP contribution in [0.5, 0.6) is 0 Å². The summed E-state index contributed by atoms with van der Waals surface area (Å²) in [4.78, 5) is 15.1. The fourth-order valence-corrected chi connectivity index (χ4v) is 1.36. The van der Waals surface area contributed by atoms with E-state index in [4.69, 9.17) is 4.42 Å². The van der Waals surface area contributed by atoms with Gasteiger partial charge in [-0.3, -0.25) is 4.79 Å². The summed E-state index contributed by atoms with van der Waals surface area (Å²) < 4.78 is 5.29. The molecular weight excluding hydrogens is 190 g/mol. The van der Waals surface area contributed by atoms with Crippen LogP contribution in [0.3, 0.4) is 0 Å². The molecule has 2 rings (SSSR count). The van der Waals surface area contributed by atoms with E-state index in [1.54, 1.807) is 0 Å². The van der Waals surface area contributed by atoms with Crippen LogP contribution in [-0.2, 0) is 11.2 Å². The molecule has 0 aliphatic rings. The van der Waals surface area contributed by atoms with Gasteiger partial charge in [-0.15, -0.1) is 0 Å². The molecule has 0 aliphatic heterocycles. The van der Waals surface area contributed by atoms with E-state index in [9.17, 15) is 4.79 Å². The minimum Gasteiger partial charge on any atom is -0.444 e. The molecule has 76 valence electrons. The van der Waals surface area contributed by atoms with Crippen LogP contribution in [-0.4, -0.2) is 10.8 Å². The molecule has 0 amide bonds. The minimum atomic E-state index is 0.0860. The highest BCUT2D eigenvalue weighted by Gasteiger charge is 2.07. The second-order valence-electron chi connectivity index (χ2n) is 3.39. The molecular formula is C12H11NO2. The maximum atomic E-state index is 10.9. The van der Waals surface area contributed by atoms with Gasteiger partial charge in [0.1, 0.15) is 12.0 Å². The van der Waals surface area contributed by atoms with Gasteiger partial charge in [0.2, 0.25) is 5.89 Å². The number of hydrogen-bond acceptors (Lipinski definition) is 3. The zero-order valence-corrected chi connectivity index (χ0v) is 8.43. The average molecular weight is 201 g/mol. The third-order valence-electron chi connectivity index (χ3n) is 2.00. The Kier molecular flexibility index (Phi) is 2.63. The van der Waals surface area contributed by atoms with Gasteiger partial charge in [-0.25, -0.2) is 4.98 Å². The second-order valence-corrected chi connectivity index (χ2v) is 3.39. The number of carbonyl (C=O) groups excluding carboxylic acids is 1. The number of Topliss-reactive ketones (excluding diaryl/α,β-unsaturated/α-hetero) is 1. The Bertz CT molecular complexity index is 459. The summed E-state index contributed by atoms with van der Waals surface area (Å²) in [5.41, 5.74) is 1.61. The van der Waals surface area contributed by atoms with Crippen LogP contribution in [0.25, 0.3) is 11.5 Å². The van der Waals surface area contributed by atoms with Gasteiger partial charge in [0, 0.05) is 5.56 Å². The van der Waals surface area contributed by atoms with E-state index in [1.165, 1.54) is 13.2 Å². The summed E-state index contributed by atoms with van der Waals surface area (Å²) >= 11 is 0. The van der Waals surface area contributed by atoms with Crippen molar-refractivity contribution in [1.82, 2.24) is 4.98 Å². The van der Waals surface area contributed by atoms with Gasteiger partial charge in [-0.2, -0.15) is 0 Å². The molecule has 3 nitrogen and oxygen atoms in total. The van der Waals surface area contributed by atoms with Crippen molar-refractivity contribution < 1.29 is 9.21 Å². The van der Waals surface area contributed by atoms with E-state index in [-0.39, 0.29) is 5.78 Å². The van der Waals surface area contributed by atoms with Crippen LogP contribution >= 0.6 is 0 Å². The molecule has 0 aliphatic carbocycles. The fourth-order valence-electron chi connectivity index (χ4n) is 1.36. The third kappa shape index (κ3) is 2.31. The molecule has 0 radical (unpaired) electrons. The van der Waals surface area contributed by atoms with Crippen LogP contribution in [0.1, 0.15) is 12.6 Å². The first-order chi connectivity index (χ1) is 7.25. The molecule has 0 fully saturated rings. The Morgan fingerprint density at radius 3 is 2.73 bits per heavy atom. The van der Waals surface area contributed by atoms with Crippen LogP contribution in [0.4, 0.5) is 0 Å². The monoisotopic (exact) mass is 201 g/mol. The van der Waals surface area contributed by atoms with Crippen LogP contribution in [0.15, 0.2) is 41.0 Å². The lowest BCUT2D eigenvalue weighted by Crippen LogP contribution is -1.95. The average Bonchev–Trinajstić information content (AvgIpc) is 2.67. The Hall–Kier alpha value is -1.90. The summed E-state index contributed by atoms with van der Waals surface area (Å²) in [6.45, 7) is 1.54. The first kappa shape index (κ1) is 9.65. The summed E-state index contributed by atoms with van der Waals surface area (Å²) in [6, 6.07) is 9.62. The molecule has 0 saturated heterocycles. The molecule has 0 saturated carbocycles. The van der Waals surface area contributed by atoms with E-state index in [0.29, 0.717) is 18.0 Å². The highest BCUT2D eigenvalue weighted by Crippen LogP contribution is 2.17. The van der Waals surface area contributed by atoms with Crippen molar-refractivity contribution in [3.05, 3.63) is 42.3 Å². The quantitative estimate of drug-likeness (QED) is 0.766. The van der Waals surface area contributed by atoms with Crippen molar-refractivity contribution in [2.24, 2.45) is 0 Å². The van der Waals surface area contributed by atoms with Gasteiger partial charge >= 0.3 is 0 Å². The van der Waals surface area contributed by atoms with Gasteiger partial charge in [0.15, 0.2) is 0 Å². The number of ketones is 1. The van der Waals surface area contributed by atoms with E-state index in [0.717, 1.165) is 5.56 Å². The standard InChI is InChI=1S/C12H11NO2/c1-9(14)7-11-8-15-12(13-11)10-5-3-2-4-6-10/h2-6,8H,7H2,1H3. The molecule has 0 unspecified atom stereocenters. The van der Waals surface area contributed by atoms with Crippen molar-refractivity contribution >= 4 is 5.78 Å². The maximum absolute atomic E-state index is 10.9. The summed E-state index contributed by atoms with van der Waals surface area (Å²) in [6.07, 6.45) is 1.86. The lowest BCUT2D eigenvalue weighted by Gasteiger charge is -1.92. The highest BCUT2D eigenvalue weighted by atomic mass is 16.3. The Morgan fingerprint density at radius 2 is 2.07 bits per heavy atom. The largest absolute Gasteiger partial charge is 0.444 e. The summed E-state index contributed by atoms with van der Waals surface area (Å²) in [7, 11) is 0. The number of benzene rings is 1. The highest BCUT2D eigenvalue weighted by molar-refractivity contribution is 5.77. The van der Waals surface area contributed by atoms with E-state index in [1.807, 2.05) is 30.3 Å². The number of oxazole rings is 1. The molecule has 0 bridgehead atoms. The lowest BCUT2D eigenvalue weighted by atomic mass is 10.2. The zero-order chi connectivity index (χ0) is 10.7. The Labute approximate surface area is 87.8 Å². The number of rotatable bonds is 3. The molecule has 1 heterocycles. The van der Waals surface area contributed by atoms with Gasteiger partial charge in [-0.1, -0.05) is 18.2 Å². The Balaban J connectivity index is 2.24. The number of nitrogens with zero attached hydrogens (tertiary/aromatic N) is 1. The summed E-state index contributed by atoms with van der Waals surface area (Å²) in [5.74, 6) is 0.648. The third-order valence-corrected chi connectivity index (χ3v) is 2.00. The Morgan fingerprint density at radius 1 is 1.33 bits per heavy atom. The van der Waals surface area contributed by atoms with Crippen molar-refractivity contribution in [3.8, 4) is 11.5 Å². The summed E-state index contributed by atoms with van der Waals surface area (Å²) in [5, 5.41) is 0. The predicted octanol–water partition coefficient (Wildman–Crippen LogP) is 2.47. The van der Waals surface area contributed by atoms with Crippen LogP contribution < -0.4 is 0 Å². The molecule has 15 heavy (non-hydrogen) atoms. The number of hydrogen-bond donors (Lipinski definition) is 0. The molecule has 2 aromatic rings. The molecule has 1 aromatic carbocycles. The molecule has 0 N–H and O–H groups in total. The molecule has 0 spiro atoms. The van der Waals surface area contributed by atoms with Crippen molar-refractivity contribution in [3.63, 3.8) is 0 Å². The lowest BCUT2D eigenvalue weighted by molar-refractivity contribution is -0.116. The van der Waals surface area contributed by atoms with Crippen LogP contribution in [0, 0.1) is 0 Å². The SMILES string of the molecule is CC(=O)Cc1coc(-c2ccccc2)n1. The van der Waals surface area contributed by atoms with Crippen molar-refractivity contribution in [1.29, 1.82) is 0 Å².